The Hall–Kier alpha value is -0.840. The quantitative estimate of drug-likeness (QED) is 0.847. The summed E-state index contributed by atoms with van der Waals surface area (Å²) in [6.07, 6.45) is 4.61. The molecule has 106 valence electrons. The fraction of sp³-hybridized carbons (Fsp3) is 0.733. The molecule has 1 saturated heterocycles. The Bertz CT molecular complexity index is 367. The van der Waals surface area contributed by atoms with Crippen molar-refractivity contribution in [2.24, 2.45) is 0 Å². The van der Waals surface area contributed by atoms with E-state index in [1.165, 1.54) is 39.0 Å². The zero-order valence-electron chi connectivity index (χ0n) is 11.8. The van der Waals surface area contributed by atoms with Crippen LogP contribution in [0.3, 0.4) is 0 Å². The zero-order chi connectivity index (χ0) is 13.1. The average molecular weight is 263 g/mol. The zero-order valence-corrected chi connectivity index (χ0v) is 11.8. The van der Waals surface area contributed by atoms with Crippen LogP contribution in [0.25, 0.3) is 0 Å². The van der Waals surface area contributed by atoms with Crippen LogP contribution in [-0.2, 0) is 0 Å². The average Bonchev–Trinajstić information content (AvgIpc) is 3.14. The van der Waals surface area contributed by atoms with Gasteiger partial charge in [-0.05, 0) is 31.9 Å². The van der Waals surface area contributed by atoms with Crippen LogP contribution >= 0.6 is 0 Å². The van der Waals surface area contributed by atoms with Gasteiger partial charge in [0.2, 0.25) is 0 Å². The molecule has 1 aliphatic carbocycles. The molecule has 1 aromatic heterocycles. The minimum Gasteiger partial charge on any atom is -0.468 e. The van der Waals surface area contributed by atoms with Crippen molar-refractivity contribution in [2.75, 3.05) is 39.3 Å². The second-order valence-corrected chi connectivity index (χ2v) is 5.80. The molecule has 0 bridgehead atoms. The van der Waals surface area contributed by atoms with Gasteiger partial charge in [0, 0.05) is 45.3 Å². The lowest BCUT2D eigenvalue weighted by atomic mass is 10.2. The van der Waals surface area contributed by atoms with Crippen molar-refractivity contribution >= 4 is 0 Å². The molecule has 2 aliphatic rings. The predicted molar refractivity (Wildman–Crippen MR) is 76.2 cm³/mol. The SMILES string of the molecule is CC(NCCN1CCN(C2CC2)CC1)c1ccco1. The first-order valence-electron chi connectivity index (χ1n) is 7.56. The van der Waals surface area contributed by atoms with Gasteiger partial charge in [0.1, 0.15) is 5.76 Å². The third kappa shape index (κ3) is 3.59. The normalized spacial score (nSPS) is 23.6. The summed E-state index contributed by atoms with van der Waals surface area (Å²) in [5.41, 5.74) is 0. The molecular weight excluding hydrogens is 238 g/mol. The molecule has 0 radical (unpaired) electrons. The third-order valence-corrected chi connectivity index (χ3v) is 4.32. The van der Waals surface area contributed by atoms with Crippen LogP contribution in [0.4, 0.5) is 0 Å². The maximum Gasteiger partial charge on any atom is 0.120 e. The summed E-state index contributed by atoms with van der Waals surface area (Å²) < 4.78 is 5.40. The first-order valence-corrected chi connectivity index (χ1v) is 7.56. The monoisotopic (exact) mass is 263 g/mol. The van der Waals surface area contributed by atoms with E-state index in [1.807, 2.05) is 12.1 Å². The molecule has 19 heavy (non-hydrogen) atoms. The van der Waals surface area contributed by atoms with Crippen LogP contribution in [0.15, 0.2) is 22.8 Å². The Balaban J connectivity index is 1.32. The van der Waals surface area contributed by atoms with Crippen molar-refractivity contribution in [3.8, 4) is 0 Å². The Morgan fingerprint density at radius 2 is 2.11 bits per heavy atom. The second kappa shape index (κ2) is 6.07. The van der Waals surface area contributed by atoms with Crippen molar-refractivity contribution in [3.05, 3.63) is 24.2 Å². The second-order valence-electron chi connectivity index (χ2n) is 5.80. The van der Waals surface area contributed by atoms with E-state index in [2.05, 4.69) is 22.0 Å². The van der Waals surface area contributed by atoms with E-state index in [9.17, 15) is 0 Å². The molecule has 4 nitrogen and oxygen atoms in total. The molecule has 1 aliphatic heterocycles. The number of furan rings is 1. The summed E-state index contributed by atoms with van der Waals surface area (Å²) >= 11 is 0. The molecule has 4 heteroatoms. The van der Waals surface area contributed by atoms with E-state index in [0.717, 1.165) is 24.9 Å². The summed E-state index contributed by atoms with van der Waals surface area (Å²) in [5, 5.41) is 3.53. The third-order valence-electron chi connectivity index (χ3n) is 4.32. The highest BCUT2D eigenvalue weighted by atomic mass is 16.3. The molecule has 1 unspecified atom stereocenters. The van der Waals surface area contributed by atoms with Crippen LogP contribution < -0.4 is 5.32 Å². The van der Waals surface area contributed by atoms with Crippen LogP contribution in [0, 0.1) is 0 Å². The van der Waals surface area contributed by atoms with E-state index >= 15 is 0 Å². The lowest BCUT2D eigenvalue weighted by molar-refractivity contribution is 0.126. The summed E-state index contributed by atoms with van der Waals surface area (Å²) in [7, 11) is 0. The van der Waals surface area contributed by atoms with Gasteiger partial charge in [0.25, 0.3) is 0 Å². The van der Waals surface area contributed by atoms with Crippen molar-refractivity contribution < 1.29 is 4.42 Å². The molecule has 1 aromatic rings. The molecular formula is C15H25N3O. The van der Waals surface area contributed by atoms with Gasteiger partial charge in [-0.3, -0.25) is 9.80 Å². The van der Waals surface area contributed by atoms with Gasteiger partial charge in [-0.25, -0.2) is 0 Å². The number of hydrogen-bond acceptors (Lipinski definition) is 4. The lowest BCUT2D eigenvalue weighted by Gasteiger charge is -2.34. The fourth-order valence-corrected chi connectivity index (χ4v) is 2.87. The van der Waals surface area contributed by atoms with Gasteiger partial charge in [0.15, 0.2) is 0 Å². The number of rotatable bonds is 6. The Morgan fingerprint density at radius 1 is 1.32 bits per heavy atom. The molecule has 0 spiro atoms. The van der Waals surface area contributed by atoms with E-state index in [4.69, 9.17) is 4.42 Å². The van der Waals surface area contributed by atoms with Gasteiger partial charge in [-0.15, -0.1) is 0 Å². The topological polar surface area (TPSA) is 31.6 Å². The summed E-state index contributed by atoms with van der Waals surface area (Å²) in [4.78, 5) is 5.23. The highest BCUT2D eigenvalue weighted by Crippen LogP contribution is 2.27. The van der Waals surface area contributed by atoms with Crippen LogP contribution in [-0.4, -0.2) is 55.1 Å². The van der Waals surface area contributed by atoms with E-state index < -0.39 is 0 Å². The minimum atomic E-state index is 0.308. The largest absolute Gasteiger partial charge is 0.468 e. The summed E-state index contributed by atoms with van der Waals surface area (Å²) in [6, 6.07) is 5.22. The predicted octanol–water partition coefficient (Wildman–Crippen LogP) is 1.71. The van der Waals surface area contributed by atoms with E-state index in [0.29, 0.717) is 6.04 Å². The number of piperazine rings is 1. The first-order chi connectivity index (χ1) is 9.33. The van der Waals surface area contributed by atoms with Gasteiger partial charge in [-0.2, -0.15) is 0 Å². The van der Waals surface area contributed by atoms with Gasteiger partial charge >= 0.3 is 0 Å². The molecule has 0 aromatic carbocycles. The molecule has 0 amide bonds. The fourth-order valence-electron chi connectivity index (χ4n) is 2.87. The smallest absolute Gasteiger partial charge is 0.120 e. The highest BCUT2D eigenvalue weighted by molar-refractivity contribution is 5.02. The Kier molecular flexibility index (Phi) is 4.21. The van der Waals surface area contributed by atoms with Gasteiger partial charge < -0.3 is 9.73 Å². The number of nitrogens with one attached hydrogen (secondary N) is 1. The standard InChI is InChI=1S/C15H25N3O/c1-13(15-3-2-12-19-15)16-6-7-17-8-10-18(11-9-17)14-4-5-14/h2-3,12-14,16H,4-11H2,1H3. The highest BCUT2D eigenvalue weighted by Gasteiger charge is 2.30. The van der Waals surface area contributed by atoms with Crippen LogP contribution in [0.5, 0.6) is 0 Å². The Labute approximate surface area is 115 Å². The minimum absolute atomic E-state index is 0.308. The van der Waals surface area contributed by atoms with Crippen LogP contribution in [0.1, 0.15) is 31.6 Å². The molecule has 2 fully saturated rings. The molecule has 1 saturated carbocycles. The van der Waals surface area contributed by atoms with Crippen molar-refractivity contribution in [2.45, 2.75) is 31.8 Å². The maximum atomic E-state index is 5.40. The number of nitrogens with zero attached hydrogens (tertiary/aromatic N) is 2. The number of hydrogen-bond donors (Lipinski definition) is 1. The molecule has 3 rings (SSSR count). The van der Waals surface area contributed by atoms with E-state index in [-0.39, 0.29) is 0 Å². The molecule has 1 atom stereocenters. The first kappa shape index (κ1) is 13.2. The summed E-state index contributed by atoms with van der Waals surface area (Å²) in [6.45, 7) is 9.32. The van der Waals surface area contributed by atoms with Crippen LogP contribution in [0.2, 0.25) is 0 Å². The van der Waals surface area contributed by atoms with E-state index in [1.54, 1.807) is 6.26 Å². The van der Waals surface area contributed by atoms with Crippen molar-refractivity contribution in [3.63, 3.8) is 0 Å². The molecule has 1 N–H and O–H groups in total. The molecule has 2 heterocycles. The van der Waals surface area contributed by atoms with Gasteiger partial charge in [-0.1, -0.05) is 0 Å². The Morgan fingerprint density at radius 3 is 2.74 bits per heavy atom. The maximum absolute atomic E-state index is 5.40. The van der Waals surface area contributed by atoms with Crippen molar-refractivity contribution in [1.82, 2.24) is 15.1 Å². The van der Waals surface area contributed by atoms with Crippen molar-refractivity contribution in [1.29, 1.82) is 0 Å². The lowest BCUT2D eigenvalue weighted by Crippen LogP contribution is -2.48. The summed E-state index contributed by atoms with van der Waals surface area (Å²) in [5.74, 6) is 1.03. The van der Waals surface area contributed by atoms with Gasteiger partial charge in [0.05, 0.1) is 12.3 Å².